The molecule has 0 heterocycles. The summed E-state index contributed by atoms with van der Waals surface area (Å²) in [6.45, 7) is 7.17. The average molecular weight is 264 g/mol. The summed E-state index contributed by atoms with van der Waals surface area (Å²) in [5.41, 5.74) is 3.60. The van der Waals surface area contributed by atoms with Gasteiger partial charge >= 0.3 is 0 Å². The van der Waals surface area contributed by atoms with Gasteiger partial charge in [0.05, 0.1) is 6.61 Å². The third-order valence-corrected chi connectivity index (χ3v) is 3.50. The maximum atomic E-state index is 10.9. The lowest BCUT2D eigenvalue weighted by Gasteiger charge is -2.23. The molecule has 0 aliphatic rings. The molecule has 0 unspecified atom stereocenters. The first-order valence-corrected chi connectivity index (χ1v) is 6.72. The fraction of sp³-hybridized carbons (Fsp3) is 0.533. The van der Waals surface area contributed by atoms with E-state index in [2.05, 4.69) is 38.3 Å². The molecule has 1 aromatic carbocycles. The third kappa shape index (κ3) is 4.91. The van der Waals surface area contributed by atoms with Gasteiger partial charge in [-0.2, -0.15) is 0 Å². The van der Waals surface area contributed by atoms with Crippen LogP contribution in [-0.2, 0) is 10.2 Å². The van der Waals surface area contributed by atoms with Crippen molar-refractivity contribution in [1.82, 2.24) is 5.43 Å². The van der Waals surface area contributed by atoms with Crippen molar-refractivity contribution >= 4 is 5.91 Å². The minimum Gasteiger partial charge on any atom is -0.494 e. The number of benzene rings is 1. The van der Waals surface area contributed by atoms with Crippen molar-refractivity contribution in [3.8, 4) is 5.75 Å². The van der Waals surface area contributed by atoms with Crippen LogP contribution in [-0.4, -0.2) is 12.5 Å². The molecule has 0 bridgehead atoms. The largest absolute Gasteiger partial charge is 0.494 e. The average Bonchev–Trinajstić information content (AvgIpc) is 2.43. The standard InChI is InChI=1S/C15H24N2O2/c1-4-15(2,3)12-7-9-13(10-8-12)19-11-5-6-14(18)17-16/h7-10H,4-6,11,16H2,1-3H3,(H,17,18). The molecule has 0 spiro atoms. The molecule has 19 heavy (non-hydrogen) atoms. The lowest BCUT2D eigenvalue weighted by molar-refractivity contribution is -0.121. The first-order valence-electron chi connectivity index (χ1n) is 6.72. The summed E-state index contributed by atoms with van der Waals surface area (Å²) < 4.78 is 5.58. The van der Waals surface area contributed by atoms with Gasteiger partial charge in [-0.3, -0.25) is 10.2 Å². The summed E-state index contributed by atoms with van der Waals surface area (Å²) in [7, 11) is 0. The Balaban J connectivity index is 2.43. The summed E-state index contributed by atoms with van der Waals surface area (Å²) in [5, 5.41) is 0. The Bertz CT molecular complexity index is 399. The molecule has 0 fully saturated rings. The van der Waals surface area contributed by atoms with Crippen LogP contribution in [0.1, 0.15) is 45.6 Å². The third-order valence-electron chi connectivity index (χ3n) is 3.50. The molecule has 3 N–H and O–H groups in total. The molecule has 106 valence electrons. The van der Waals surface area contributed by atoms with E-state index in [1.807, 2.05) is 12.1 Å². The van der Waals surface area contributed by atoms with Gasteiger partial charge in [0.25, 0.3) is 0 Å². The fourth-order valence-electron chi connectivity index (χ4n) is 1.70. The van der Waals surface area contributed by atoms with Crippen molar-refractivity contribution in [1.29, 1.82) is 0 Å². The summed E-state index contributed by atoms with van der Waals surface area (Å²) in [6, 6.07) is 8.17. The Morgan fingerprint density at radius 3 is 2.47 bits per heavy atom. The van der Waals surface area contributed by atoms with Crippen molar-refractivity contribution in [3.63, 3.8) is 0 Å². The first kappa shape index (κ1) is 15.5. The van der Waals surface area contributed by atoms with E-state index in [9.17, 15) is 4.79 Å². The summed E-state index contributed by atoms with van der Waals surface area (Å²) in [6.07, 6.45) is 2.14. The molecule has 0 aliphatic heterocycles. The quantitative estimate of drug-likeness (QED) is 0.344. The second-order valence-corrected chi connectivity index (χ2v) is 5.28. The number of hydrogen-bond acceptors (Lipinski definition) is 3. The van der Waals surface area contributed by atoms with Crippen molar-refractivity contribution in [2.75, 3.05) is 6.61 Å². The fourth-order valence-corrected chi connectivity index (χ4v) is 1.70. The van der Waals surface area contributed by atoms with Crippen LogP contribution in [0, 0.1) is 0 Å². The zero-order chi connectivity index (χ0) is 14.3. The Labute approximate surface area is 115 Å². The van der Waals surface area contributed by atoms with Gasteiger partial charge in [0.2, 0.25) is 5.91 Å². The molecule has 1 amide bonds. The highest BCUT2D eigenvalue weighted by molar-refractivity contribution is 5.75. The van der Waals surface area contributed by atoms with Gasteiger partial charge in [0, 0.05) is 6.42 Å². The number of rotatable bonds is 7. The van der Waals surface area contributed by atoms with Crippen molar-refractivity contribution in [2.45, 2.75) is 45.4 Å². The number of nitrogens with one attached hydrogen (secondary N) is 1. The van der Waals surface area contributed by atoms with Gasteiger partial charge in [0.1, 0.15) is 5.75 Å². The topological polar surface area (TPSA) is 64.3 Å². The number of carbonyl (C=O) groups excluding carboxylic acids is 1. The van der Waals surface area contributed by atoms with E-state index in [-0.39, 0.29) is 11.3 Å². The number of amides is 1. The lowest BCUT2D eigenvalue weighted by Crippen LogP contribution is -2.29. The highest BCUT2D eigenvalue weighted by atomic mass is 16.5. The number of carbonyl (C=O) groups is 1. The Hall–Kier alpha value is -1.55. The van der Waals surface area contributed by atoms with E-state index < -0.39 is 0 Å². The number of ether oxygens (including phenoxy) is 1. The minimum absolute atomic E-state index is 0.163. The van der Waals surface area contributed by atoms with E-state index >= 15 is 0 Å². The van der Waals surface area contributed by atoms with Gasteiger partial charge in [-0.25, -0.2) is 5.84 Å². The maximum Gasteiger partial charge on any atom is 0.234 e. The summed E-state index contributed by atoms with van der Waals surface area (Å²) >= 11 is 0. The first-order chi connectivity index (χ1) is 8.99. The van der Waals surface area contributed by atoms with Crippen LogP contribution in [0.4, 0.5) is 0 Å². The van der Waals surface area contributed by atoms with Gasteiger partial charge in [-0.15, -0.1) is 0 Å². The second-order valence-electron chi connectivity index (χ2n) is 5.28. The van der Waals surface area contributed by atoms with Crippen molar-refractivity contribution < 1.29 is 9.53 Å². The maximum absolute atomic E-state index is 10.9. The zero-order valence-electron chi connectivity index (χ0n) is 12.0. The highest BCUT2D eigenvalue weighted by Crippen LogP contribution is 2.27. The van der Waals surface area contributed by atoms with E-state index in [1.165, 1.54) is 5.56 Å². The molecular formula is C15H24N2O2. The molecular weight excluding hydrogens is 240 g/mol. The molecule has 0 saturated heterocycles. The van der Waals surface area contributed by atoms with Crippen LogP contribution in [0.15, 0.2) is 24.3 Å². The van der Waals surface area contributed by atoms with E-state index in [1.54, 1.807) is 0 Å². The molecule has 0 aliphatic carbocycles. The van der Waals surface area contributed by atoms with Crippen molar-refractivity contribution in [3.05, 3.63) is 29.8 Å². The van der Waals surface area contributed by atoms with E-state index in [4.69, 9.17) is 10.6 Å². The molecule has 4 heteroatoms. The van der Waals surface area contributed by atoms with E-state index in [0.29, 0.717) is 19.4 Å². The molecule has 1 rings (SSSR count). The van der Waals surface area contributed by atoms with Gasteiger partial charge < -0.3 is 4.74 Å². The normalized spacial score (nSPS) is 11.2. The van der Waals surface area contributed by atoms with Crippen LogP contribution < -0.4 is 16.0 Å². The lowest BCUT2D eigenvalue weighted by atomic mass is 9.82. The zero-order valence-corrected chi connectivity index (χ0v) is 12.0. The summed E-state index contributed by atoms with van der Waals surface area (Å²) in [4.78, 5) is 10.9. The number of hydrogen-bond donors (Lipinski definition) is 2. The van der Waals surface area contributed by atoms with Crippen LogP contribution in [0.3, 0.4) is 0 Å². The van der Waals surface area contributed by atoms with Crippen LogP contribution in [0.2, 0.25) is 0 Å². The monoisotopic (exact) mass is 264 g/mol. The molecule has 4 nitrogen and oxygen atoms in total. The number of hydrazine groups is 1. The molecule has 0 radical (unpaired) electrons. The predicted octanol–water partition coefficient (Wildman–Crippen LogP) is 2.52. The minimum atomic E-state index is -0.163. The van der Waals surface area contributed by atoms with Crippen LogP contribution in [0.25, 0.3) is 0 Å². The van der Waals surface area contributed by atoms with Gasteiger partial charge in [0.15, 0.2) is 0 Å². The molecule has 0 atom stereocenters. The molecule has 1 aromatic rings. The smallest absolute Gasteiger partial charge is 0.234 e. The highest BCUT2D eigenvalue weighted by Gasteiger charge is 2.17. The Kier molecular flexibility index (Phi) is 5.83. The molecule has 0 saturated carbocycles. The van der Waals surface area contributed by atoms with Crippen LogP contribution in [0.5, 0.6) is 5.75 Å². The second kappa shape index (κ2) is 7.14. The van der Waals surface area contributed by atoms with E-state index in [0.717, 1.165) is 12.2 Å². The molecule has 0 aromatic heterocycles. The summed E-state index contributed by atoms with van der Waals surface area (Å²) in [5.74, 6) is 5.67. The number of nitrogens with two attached hydrogens (primary N) is 1. The Morgan fingerprint density at radius 1 is 1.32 bits per heavy atom. The van der Waals surface area contributed by atoms with Crippen LogP contribution >= 0.6 is 0 Å². The SMILES string of the molecule is CCC(C)(C)c1ccc(OCCCC(=O)NN)cc1. The van der Waals surface area contributed by atoms with Crippen molar-refractivity contribution in [2.24, 2.45) is 5.84 Å². The predicted molar refractivity (Wildman–Crippen MR) is 76.8 cm³/mol. The Morgan fingerprint density at radius 2 is 1.95 bits per heavy atom. The van der Waals surface area contributed by atoms with Gasteiger partial charge in [-0.1, -0.05) is 32.9 Å². The van der Waals surface area contributed by atoms with Gasteiger partial charge in [-0.05, 0) is 36.0 Å².